The summed E-state index contributed by atoms with van der Waals surface area (Å²) in [5, 5.41) is 6.30. The van der Waals surface area contributed by atoms with Crippen LogP contribution in [0.25, 0.3) is 38.6 Å². The zero-order valence-electron chi connectivity index (χ0n) is 32.6. The smallest absolute Gasteiger partial charge is 0.174 e. The van der Waals surface area contributed by atoms with Gasteiger partial charge < -0.3 is 18.4 Å². The highest BCUT2D eigenvalue weighted by Crippen LogP contribution is 2.49. The Morgan fingerprint density at radius 3 is 1.22 bits per heavy atom. The van der Waals surface area contributed by atoms with Gasteiger partial charge in [0.25, 0.3) is 0 Å². The lowest BCUT2D eigenvalue weighted by Gasteiger charge is -2.25. The lowest BCUT2D eigenvalue weighted by Crippen LogP contribution is -2.28. The van der Waals surface area contributed by atoms with E-state index in [1.54, 1.807) is 0 Å². The first-order valence-electron chi connectivity index (χ1n) is 20.0. The second-order valence-electron chi connectivity index (χ2n) is 14.7. The molecule has 10 aromatic rings. The Bertz CT molecular complexity index is 3080. The topological polar surface area (TPSA) is 48.3 Å². The third-order valence-electron chi connectivity index (χ3n) is 11.2. The van der Waals surface area contributed by atoms with Crippen molar-refractivity contribution in [1.29, 1.82) is 0 Å². The van der Waals surface area contributed by atoms with E-state index in [2.05, 4.69) is 77.4 Å². The molecular formula is C54H39NO3P2. The number of hydrogen-bond donors (Lipinski definition) is 0. The average Bonchev–Trinajstić information content (AvgIpc) is 3.67. The second kappa shape index (κ2) is 15.7. The van der Waals surface area contributed by atoms with Gasteiger partial charge in [-0.05, 0) is 59.7 Å². The lowest BCUT2D eigenvalue weighted by atomic mass is 10.1. The zero-order valence-corrected chi connectivity index (χ0v) is 34.4. The van der Waals surface area contributed by atoms with E-state index < -0.39 is 14.3 Å². The number of para-hydroxylation sites is 3. The van der Waals surface area contributed by atoms with Gasteiger partial charge in [-0.1, -0.05) is 188 Å². The third-order valence-corrected chi connectivity index (χ3v) is 17.4. The maximum absolute atomic E-state index is 16.3. The molecule has 0 saturated heterocycles. The standard InChI is InChI=1S/C54H39NO3P2/c56-59(43-19-5-1-6-20-43,44-21-7-2-8-22-44)53-32-18-17-31-51(53)58-52-38-35-41(39-54(52)60(57,45-23-9-3-10-24-45)46-25-11-4-12-26-46)40-33-36-42(37-34-40)55-49-29-15-13-27-47(49)48-28-14-16-30-50(48)55/h1-39H. The molecular weight excluding hydrogens is 773 g/mol. The zero-order chi connectivity index (χ0) is 40.5. The average molecular weight is 812 g/mol. The molecule has 0 radical (unpaired) electrons. The van der Waals surface area contributed by atoms with E-state index in [4.69, 9.17) is 4.74 Å². The molecule has 1 heterocycles. The van der Waals surface area contributed by atoms with Gasteiger partial charge in [0, 0.05) is 37.7 Å². The summed E-state index contributed by atoms with van der Waals surface area (Å²) < 4.78 is 41.3. The monoisotopic (exact) mass is 811 g/mol. The van der Waals surface area contributed by atoms with Crippen molar-refractivity contribution in [3.63, 3.8) is 0 Å². The Morgan fingerprint density at radius 1 is 0.333 bits per heavy atom. The molecule has 0 saturated carbocycles. The highest BCUT2D eigenvalue weighted by Gasteiger charge is 2.36. The minimum absolute atomic E-state index is 0.428. The van der Waals surface area contributed by atoms with E-state index >= 15 is 9.13 Å². The largest absolute Gasteiger partial charge is 0.456 e. The molecule has 4 nitrogen and oxygen atoms in total. The van der Waals surface area contributed by atoms with Gasteiger partial charge in [-0.25, -0.2) is 0 Å². The Hall–Kier alpha value is -6.96. The predicted molar refractivity (Wildman–Crippen MR) is 252 cm³/mol. The van der Waals surface area contributed by atoms with Crippen molar-refractivity contribution in [3.8, 4) is 28.3 Å². The van der Waals surface area contributed by atoms with Crippen LogP contribution in [0.3, 0.4) is 0 Å². The van der Waals surface area contributed by atoms with Gasteiger partial charge in [-0.3, -0.25) is 0 Å². The summed E-state index contributed by atoms with van der Waals surface area (Å²) in [6.45, 7) is 0. The highest BCUT2D eigenvalue weighted by molar-refractivity contribution is 7.86. The SMILES string of the molecule is O=P(c1ccccc1)(c1ccccc1)c1ccccc1Oc1ccc(-c2ccc(-n3c4ccccc4c4ccccc43)cc2)cc1P(=O)(c1ccccc1)c1ccccc1. The van der Waals surface area contributed by atoms with Crippen LogP contribution in [-0.2, 0) is 9.13 Å². The normalized spacial score (nSPS) is 11.8. The van der Waals surface area contributed by atoms with E-state index in [1.807, 2.05) is 164 Å². The number of aromatic nitrogens is 1. The molecule has 10 rings (SSSR count). The number of fused-ring (bicyclic) bond motifs is 3. The van der Waals surface area contributed by atoms with Crippen LogP contribution >= 0.6 is 14.3 Å². The van der Waals surface area contributed by atoms with E-state index in [-0.39, 0.29) is 0 Å². The summed E-state index contributed by atoms with van der Waals surface area (Å²) in [5.41, 5.74) is 5.20. The van der Waals surface area contributed by atoms with Crippen LogP contribution in [0.2, 0.25) is 0 Å². The molecule has 0 unspecified atom stereocenters. The summed E-state index contributed by atoms with van der Waals surface area (Å²) in [7, 11) is -7.01. The van der Waals surface area contributed by atoms with Gasteiger partial charge in [-0.2, -0.15) is 0 Å². The molecule has 1 aromatic heterocycles. The van der Waals surface area contributed by atoms with Crippen LogP contribution in [0.4, 0.5) is 0 Å². The maximum atomic E-state index is 16.3. The molecule has 0 aliphatic carbocycles. The molecule has 0 fully saturated rings. The quantitative estimate of drug-likeness (QED) is 0.129. The van der Waals surface area contributed by atoms with Gasteiger partial charge in [0.1, 0.15) is 11.5 Å². The Labute approximate surface area is 349 Å². The van der Waals surface area contributed by atoms with Crippen LogP contribution in [0.15, 0.2) is 237 Å². The summed E-state index contributed by atoms with van der Waals surface area (Å²) >= 11 is 0. The highest BCUT2D eigenvalue weighted by atomic mass is 31.2. The van der Waals surface area contributed by atoms with Crippen LogP contribution in [-0.4, -0.2) is 4.57 Å². The summed E-state index contributed by atoms with van der Waals surface area (Å²) in [6.07, 6.45) is 0. The lowest BCUT2D eigenvalue weighted by molar-refractivity contribution is 0.489. The minimum atomic E-state index is -3.57. The minimum Gasteiger partial charge on any atom is -0.456 e. The van der Waals surface area contributed by atoms with E-state index in [0.29, 0.717) is 43.3 Å². The van der Waals surface area contributed by atoms with Crippen molar-refractivity contribution in [1.82, 2.24) is 4.57 Å². The van der Waals surface area contributed by atoms with Crippen molar-refractivity contribution in [2.75, 3.05) is 0 Å². The molecule has 0 spiro atoms. The molecule has 0 amide bonds. The van der Waals surface area contributed by atoms with Gasteiger partial charge in [0.05, 0.1) is 21.6 Å². The molecule has 288 valence electrons. The Balaban J connectivity index is 1.15. The van der Waals surface area contributed by atoms with Crippen LogP contribution in [0.1, 0.15) is 0 Å². The predicted octanol–water partition coefficient (Wildman–Crippen LogP) is 11.5. The molecule has 0 bridgehead atoms. The first-order valence-corrected chi connectivity index (χ1v) is 23.4. The van der Waals surface area contributed by atoms with Crippen molar-refractivity contribution in [3.05, 3.63) is 237 Å². The third kappa shape index (κ3) is 6.42. The van der Waals surface area contributed by atoms with E-state index in [1.165, 1.54) is 10.8 Å². The summed E-state index contributed by atoms with van der Waals surface area (Å²) in [5.74, 6) is 0.863. The Morgan fingerprint density at radius 2 is 0.717 bits per heavy atom. The summed E-state index contributed by atoms with van der Waals surface area (Å²) in [4.78, 5) is 0. The molecule has 0 atom stereocenters. The van der Waals surface area contributed by atoms with Gasteiger partial charge in [-0.15, -0.1) is 0 Å². The molecule has 0 N–H and O–H groups in total. The number of ether oxygens (including phenoxy) is 1. The molecule has 0 aliphatic heterocycles. The van der Waals surface area contributed by atoms with E-state index in [9.17, 15) is 0 Å². The summed E-state index contributed by atoms with van der Waals surface area (Å²) in [6, 6.07) is 77.5. The van der Waals surface area contributed by atoms with Crippen molar-refractivity contribution in [2.45, 2.75) is 0 Å². The first-order chi connectivity index (χ1) is 29.5. The van der Waals surface area contributed by atoms with Crippen molar-refractivity contribution >= 4 is 67.9 Å². The van der Waals surface area contributed by atoms with Crippen molar-refractivity contribution in [2.24, 2.45) is 0 Å². The number of nitrogens with zero attached hydrogens (tertiary/aromatic N) is 1. The van der Waals surface area contributed by atoms with Crippen molar-refractivity contribution < 1.29 is 13.9 Å². The maximum Gasteiger partial charge on any atom is 0.174 e. The molecule has 0 aliphatic rings. The Kier molecular flexibility index (Phi) is 9.74. The second-order valence-corrected chi connectivity index (χ2v) is 20.2. The number of rotatable bonds is 10. The fraction of sp³-hybridized carbons (Fsp3) is 0. The number of hydrogen-bond acceptors (Lipinski definition) is 3. The molecule has 9 aromatic carbocycles. The molecule has 6 heteroatoms. The van der Waals surface area contributed by atoms with Crippen LogP contribution < -0.4 is 36.6 Å². The van der Waals surface area contributed by atoms with E-state index in [0.717, 1.165) is 27.8 Å². The van der Waals surface area contributed by atoms with Crippen LogP contribution in [0.5, 0.6) is 11.5 Å². The van der Waals surface area contributed by atoms with Crippen LogP contribution in [0, 0.1) is 0 Å². The fourth-order valence-electron chi connectivity index (χ4n) is 8.36. The fourth-order valence-corrected chi connectivity index (χ4v) is 13.9. The number of benzene rings is 9. The van der Waals surface area contributed by atoms with Gasteiger partial charge in [0.15, 0.2) is 14.3 Å². The van der Waals surface area contributed by atoms with Gasteiger partial charge in [0.2, 0.25) is 0 Å². The first kappa shape index (κ1) is 37.3. The van der Waals surface area contributed by atoms with Gasteiger partial charge >= 0.3 is 0 Å². The molecule has 60 heavy (non-hydrogen) atoms.